The van der Waals surface area contributed by atoms with Gasteiger partial charge in [0.1, 0.15) is 17.5 Å². The molecule has 0 N–H and O–H groups in total. The number of hydrogen-bond acceptors (Lipinski definition) is 5. The molecule has 3 rings (SSSR count). The van der Waals surface area contributed by atoms with Gasteiger partial charge in [-0.05, 0) is 39.0 Å². The number of rotatable bonds is 5. The Kier molecular flexibility index (Phi) is 5.44. The minimum atomic E-state index is -4.06. The van der Waals surface area contributed by atoms with E-state index in [1.54, 1.807) is 30.3 Å². The smallest absolute Gasteiger partial charge is 0.282 e. The van der Waals surface area contributed by atoms with Crippen molar-refractivity contribution in [1.29, 1.82) is 0 Å². The number of allylic oxidation sites excluding steroid dienone is 2. The lowest BCUT2D eigenvalue weighted by Gasteiger charge is -2.21. The number of fused-ring (bicyclic) bond motifs is 1. The van der Waals surface area contributed by atoms with Gasteiger partial charge in [0.25, 0.3) is 10.0 Å². The third-order valence-corrected chi connectivity index (χ3v) is 5.97. The Labute approximate surface area is 169 Å². The number of Topliss-reactive ketones (excluding diaryl/α,β-unsaturated/α-hetero) is 3. The van der Waals surface area contributed by atoms with E-state index in [0.717, 1.165) is 5.56 Å². The van der Waals surface area contributed by atoms with E-state index in [2.05, 4.69) is 4.40 Å². The zero-order valence-electron chi connectivity index (χ0n) is 16.2. The molecule has 29 heavy (non-hydrogen) atoms. The third kappa shape index (κ3) is 4.00. The summed E-state index contributed by atoms with van der Waals surface area (Å²) in [6.45, 7) is 4.28. The number of nitrogens with zero attached hydrogens (tertiary/aromatic N) is 1. The van der Waals surface area contributed by atoms with Gasteiger partial charge in [-0.25, -0.2) is 0 Å². The Morgan fingerprint density at radius 2 is 1.45 bits per heavy atom. The first-order valence-corrected chi connectivity index (χ1v) is 10.3. The summed E-state index contributed by atoms with van der Waals surface area (Å²) in [7, 11) is -4.06. The Morgan fingerprint density at radius 1 is 0.897 bits per heavy atom. The van der Waals surface area contributed by atoms with Crippen molar-refractivity contribution in [3.05, 3.63) is 76.9 Å². The van der Waals surface area contributed by atoms with Crippen molar-refractivity contribution in [2.24, 2.45) is 10.3 Å². The van der Waals surface area contributed by atoms with Crippen LogP contribution in [-0.4, -0.2) is 31.5 Å². The van der Waals surface area contributed by atoms with Crippen molar-refractivity contribution >= 4 is 33.1 Å². The van der Waals surface area contributed by atoms with Crippen molar-refractivity contribution < 1.29 is 22.8 Å². The molecule has 0 aliphatic heterocycles. The minimum Gasteiger partial charge on any atom is -0.299 e. The molecule has 0 saturated carbocycles. The van der Waals surface area contributed by atoms with E-state index in [4.69, 9.17) is 0 Å². The van der Waals surface area contributed by atoms with Crippen LogP contribution in [0.15, 0.2) is 69.5 Å². The highest BCUT2D eigenvalue weighted by Gasteiger charge is 2.34. The lowest BCUT2D eigenvalue weighted by molar-refractivity contribution is -0.128. The predicted octanol–water partition coefficient (Wildman–Crippen LogP) is 3.09. The van der Waals surface area contributed by atoms with Gasteiger partial charge in [-0.1, -0.05) is 42.0 Å². The highest BCUT2D eigenvalue weighted by molar-refractivity contribution is 7.90. The fourth-order valence-corrected chi connectivity index (χ4v) is 4.25. The van der Waals surface area contributed by atoms with Crippen LogP contribution in [0.3, 0.4) is 0 Å². The number of carbonyl (C=O) groups is 3. The lowest BCUT2D eigenvalue weighted by Crippen LogP contribution is -2.30. The van der Waals surface area contributed by atoms with E-state index in [1.807, 2.05) is 6.92 Å². The molecule has 1 aliphatic rings. The quantitative estimate of drug-likeness (QED) is 0.707. The number of carbonyl (C=O) groups excluding carboxylic acids is 3. The summed E-state index contributed by atoms with van der Waals surface area (Å²) in [6, 6.07) is 12.6. The zero-order valence-corrected chi connectivity index (χ0v) is 17.0. The van der Waals surface area contributed by atoms with E-state index in [1.165, 1.54) is 38.1 Å². The van der Waals surface area contributed by atoms with Crippen LogP contribution >= 0.6 is 0 Å². The molecule has 7 heteroatoms. The maximum absolute atomic E-state index is 12.9. The van der Waals surface area contributed by atoms with Crippen LogP contribution in [0.5, 0.6) is 0 Å². The fourth-order valence-electron chi connectivity index (χ4n) is 3.26. The second-order valence-corrected chi connectivity index (χ2v) is 8.50. The molecular formula is C22H19NO5S. The number of ketones is 3. The summed E-state index contributed by atoms with van der Waals surface area (Å²) in [5.41, 5.74) is 1.39. The maximum atomic E-state index is 12.9. The summed E-state index contributed by atoms with van der Waals surface area (Å²) >= 11 is 0. The van der Waals surface area contributed by atoms with Crippen LogP contribution in [0, 0.1) is 12.8 Å². The molecule has 0 atom stereocenters. The number of aryl methyl sites for hydroxylation is 1. The first-order valence-electron chi connectivity index (χ1n) is 8.90. The highest BCUT2D eigenvalue weighted by atomic mass is 32.2. The molecule has 0 spiro atoms. The minimum absolute atomic E-state index is 0.00890. The normalized spacial score (nSPS) is 15.2. The molecule has 1 aliphatic carbocycles. The maximum Gasteiger partial charge on any atom is 0.282 e. The van der Waals surface area contributed by atoms with Crippen molar-refractivity contribution in [2.45, 2.75) is 25.7 Å². The van der Waals surface area contributed by atoms with E-state index in [9.17, 15) is 22.8 Å². The summed E-state index contributed by atoms with van der Waals surface area (Å²) in [6.07, 6.45) is 1.24. The molecule has 6 nitrogen and oxygen atoms in total. The summed E-state index contributed by atoms with van der Waals surface area (Å²) < 4.78 is 29.6. The van der Waals surface area contributed by atoms with Gasteiger partial charge in [0, 0.05) is 16.7 Å². The summed E-state index contributed by atoms with van der Waals surface area (Å²) in [5.74, 6) is -2.72. The van der Waals surface area contributed by atoms with Gasteiger partial charge in [0.15, 0.2) is 5.78 Å². The topological polar surface area (TPSA) is 97.7 Å². The van der Waals surface area contributed by atoms with Gasteiger partial charge in [0.2, 0.25) is 0 Å². The first kappa shape index (κ1) is 20.5. The number of hydrogen-bond donors (Lipinski definition) is 0. The van der Waals surface area contributed by atoms with E-state index in [0.29, 0.717) is 5.56 Å². The molecule has 0 fully saturated rings. The fraction of sp³-hybridized carbons (Fsp3) is 0.182. The summed E-state index contributed by atoms with van der Waals surface area (Å²) in [4.78, 5) is 36.9. The number of sulfonamides is 1. The standard InChI is InChI=1S/C22H19NO5S/c1-13-8-10-16(11-9-13)29(27,28)23-20-12-19(21(14(2)24)15(3)25)22(26)18-7-5-4-6-17(18)20/h4-12,21H,1-3H3/b23-20-. The molecule has 0 bridgehead atoms. The molecule has 0 unspecified atom stereocenters. The monoisotopic (exact) mass is 409 g/mol. The molecule has 0 aromatic heterocycles. The average molecular weight is 409 g/mol. The van der Waals surface area contributed by atoms with Crippen molar-refractivity contribution in [1.82, 2.24) is 0 Å². The van der Waals surface area contributed by atoms with Gasteiger partial charge in [-0.2, -0.15) is 12.8 Å². The van der Waals surface area contributed by atoms with Crippen LogP contribution in [0.25, 0.3) is 0 Å². The molecule has 0 radical (unpaired) electrons. The molecule has 0 saturated heterocycles. The summed E-state index contributed by atoms with van der Waals surface area (Å²) in [5, 5.41) is 0. The molecule has 0 heterocycles. The van der Waals surface area contributed by atoms with Crippen LogP contribution in [0.4, 0.5) is 0 Å². The zero-order chi connectivity index (χ0) is 21.3. The average Bonchev–Trinajstić information content (AvgIpc) is 2.65. The molecular weight excluding hydrogens is 390 g/mol. The largest absolute Gasteiger partial charge is 0.299 e. The molecule has 2 aromatic rings. The van der Waals surface area contributed by atoms with E-state index >= 15 is 0 Å². The molecule has 2 aromatic carbocycles. The lowest BCUT2D eigenvalue weighted by atomic mass is 9.80. The van der Waals surface area contributed by atoms with Crippen LogP contribution in [-0.2, 0) is 19.6 Å². The van der Waals surface area contributed by atoms with Gasteiger partial charge in [-0.15, -0.1) is 0 Å². The van der Waals surface area contributed by atoms with Crippen molar-refractivity contribution in [2.75, 3.05) is 0 Å². The Hall–Kier alpha value is -3.19. The van der Waals surface area contributed by atoms with Gasteiger partial charge in [-0.3, -0.25) is 14.4 Å². The van der Waals surface area contributed by atoms with Crippen LogP contribution in [0.1, 0.15) is 35.3 Å². The molecule has 0 amide bonds. The first-order chi connectivity index (χ1) is 13.6. The van der Waals surface area contributed by atoms with E-state index in [-0.39, 0.29) is 21.7 Å². The number of benzene rings is 2. The van der Waals surface area contributed by atoms with Gasteiger partial charge >= 0.3 is 0 Å². The van der Waals surface area contributed by atoms with Gasteiger partial charge in [0.05, 0.1) is 10.6 Å². The van der Waals surface area contributed by atoms with E-state index < -0.39 is 33.3 Å². The Balaban J connectivity index is 2.23. The Morgan fingerprint density at radius 3 is 2.00 bits per heavy atom. The van der Waals surface area contributed by atoms with Gasteiger partial charge < -0.3 is 0 Å². The van der Waals surface area contributed by atoms with Crippen LogP contribution in [0.2, 0.25) is 0 Å². The van der Waals surface area contributed by atoms with Crippen molar-refractivity contribution in [3.8, 4) is 0 Å². The highest BCUT2D eigenvalue weighted by Crippen LogP contribution is 2.28. The second-order valence-electron chi connectivity index (χ2n) is 6.89. The van der Waals surface area contributed by atoms with Crippen molar-refractivity contribution in [3.63, 3.8) is 0 Å². The SMILES string of the molecule is CC(=O)C(C(C)=O)C1=C/C(=N/S(=O)(=O)c2ccc(C)cc2)c2ccccc2C1=O. The molecule has 148 valence electrons. The van der Waals surface area contributed by atoms with Crippen LogP contribution < -0.4 is 0 Å². The Bertz CT molecular complexity index is 1170. The third-order valence-electron chi connectivity index (χ3n) is 4.66. The second kappa shape index (κ2) is 7.67. The predicted molar refractivity (Wildman–Crippen MR) is 109 cm³/mol.